The molecule has 4 heteroatoms. The van der Waals surface area contributed by atoms with Gasteiger partial charge in [0, 0.05) is 24.2 Å². The van der Waals surface area contributed by atoms with Gasteiger partial charge < -0.3 is 10.1 Å². The Balaban J connectivity index is 1.65. The van der Waals surface area contributed by atoms with Crippen LogP contribution < -0.4 is 5.32 Å². The summed E-state index contributed by atoms with van der Waals surface area (Å²) in [6.45, 7) is 9.40. The first-order valence-electron chi connectivity index (χ1n) is 9.55. The van der Waals surface area contributed by atoms with E-state index in [0.717, 1.165) is 35.2 Å². The molecule has 134 valence electrons. The largest absolute Gasteiger partial charge is 0.462 e. The molecule has 4 atom stereocenters. The van der Waals surface area contributed by atoms with Crippen LogP contribution in [0.3, 0.4) is 0 Å². The molecule has 0 amide bonds. The number of carbonyl (C=O) groups excluding carboxylic acids is 1. The average molecular weight is 340 g/mol. The standard InChI is InChI=1S/C21H28N2O2/c1-5-25-20(24)15-11-22-17-8-6-7-14(17)19(15)23-18-10-13-9-16(12(18)2)21(13,3)4/h6-7,11-13,16,18H,5,8-10H2,1-4H3,(H,22,23)/t12-,13-,16+,18-/m1/s1. The summed E-state index contributed by atoms with van der Waals surface area (Å²) in [5.41, 5.74) is 4.06. The first-order chi connectivity index (χ1) is 11.9. The van der Waals surface area contributed by atoms with Crippen LogP contribution in [0.5, 0.6) is 0 Å². The zero-order chi connectivity index (χ0) is 17.8. The van der Waals surface area contributed by atoms with Crippen molar-refractivity contribution in [3.63, 3.8) is 0 Å². The number of nitrogens with zero attached hydrogens (tertiary/aromatic N) is 1. The maximum atomic E-state index is 12.4. The Hall–Kier alpha value is -1.84. The van der Waals surface area contributed by atoms with E-state index >= 15 is 0 Å². The molecule has 4 aliphatic carbocycles. The lowest BCUT2D eigenvalue weighted by molar-refractivity contribution is -0.105. The zero-order valence-corrected chi connectivity index (χ0v) is 15.6. The fourth-order valence-electron chi connectivity index (χ4n) is 5.24. The summed E-state index contributed by atoms with van der Waals surface area (Å²) in [5.74, 6) is 1.86. The minimum absolute atomic E-state index is 0.283. The Labute approximate surface area is 150 Å². The smallest absolute Gasteiger partial charge is 0.341 e. The molecule has 25 heavy (non-hydrogen) atoms. The molecule has 0 radical (unpaired) electrons. The maximum absolute atomic E-state index is 12.4. The van der Waals surface area contributed by atoms with Crippen LogP contribution in [0.2, 0.25) is 0 Å². The molecule has 1 aromatic heterocycles. The van der Waals surface area contributed by atoms with E-state index in [1.165, 1.54) is 12.8 Å². The molecule has 4 aliphatic rings. The van der Waals surface area contributed by atoms with E-state index in [9.17, 15) is 4.79 Å². The van der Waals surface area contributed by atoms with E-state index in [4.69, 9.17) is 4.74 Å². The van der Waals surface area contributed by atoms with Crippen molar-refractivity contribution in [1.82, 2.24) is 4.98 Å². The highest BCUT2D eigenvalue weighted by atomic mass is 16.5. The molecule has 0 aromatic carbocycles. The van der Waals surface area contributed by atoms with Crippen LogP contribution in [0.15, 0.2) is 12.3 Å². The number of rotatable bonds is 4. The lowest BCUT2D eigenvalue weighted by Crippen LogP contribution is -2.58. The molecule has 0 saturated heterocycles. The summed E-state index contributed by atoms with van der Waals surface area (Å²) >= 11 is 0. The van der Waals surface area contributed by atoms with Gasteiger partial charge in [-0.25, -0.2) is 4.79 Å². The SMILES string of the molecule is CCOC(=O)c1cnc2c(c1N[C@@H]1C[C@H]3C[C@@H]([C@H]1C)C3(C)C)C=CC2. The molecule has 4 nitrogen and oxygen atoms in total. The minimum atomic E-state index is -0.283. The summed E-state index contributed by atoms with van der Waals surface area (Å²) in [6.07, 6.45) is 9.25. The van der Waals surface area contributed by atoms with Crippen LogP contribution >= 0.6 is 0 Å². The predicted octanol–water partition coefficient (Wildman–Crippen LogP) is 4.31. The van der Waals surface area contributed by atoms with Crippen molar-refractivity contribution in [3.05, 3.63) is 29.1 Å². The molecule has 2 bridgehead atoms. The van der Waals surface area contributed by atoms with Crippen molar-refractivity contribution in [2.75, 3.05) is 11.9 Å². The van der Waals surface area contributed by atoms with Gasteiger partial charge in [0.05, 0.1) is 18.0 Å². The van der Waals surface area contributed by atoms with Crippen LogP contribution in [-0.2, 0) is 11.2 Å². The zero-order valence-electron chi connectivity index (χ0n) is 15.6. The Morgan fingerprint density at radius 2 is 2.20 bits per heavy atom. The van der Waals surface area contributed by atoms with Crippen LogP contribution in [-0.4, -0.2) is 23.6 Å². The van der Waals surface area contributed by atoms with E-state index < -0.39 is 0 Å². The van der Waals surface area contributed by atoms with Crippen LogP contribution in [0.4, 0.5) is 5.69 Å². The van der Waals surface area contributed by atoms with Gasteiger partial charge in [-0.05, 0) is 42.9 Å². The van der Waals surface area contributed by atoms with Crippen molar-refractivity contribution in [1.29, 1.82) is 0 Å². The molecule has 1 heterocycles. The van der Waals surface area contributed by atoms with Gasteiger partial charge in [0.1, 0.15) is 5.56 Å². The van der Waals surface area contributed by atoms with Gasteiger partial charge in [0.25, 0.3) is 0 Å². The first-order valence-corrected chi connectivity index (χ1v) is 9.55. The number of aromatic nitrogens is 1. The number of esters is 1. The summed E-state index contributed by atoms with van der Waals surface area (Å²) in [7, 11) is 0. The number of allylic oxidation sites excluding steroid dienone is 1. The Morgan fingerprint density at radius 1 is 1.40 bits per heavy atom. The monoisotopic (exact) mass is 340 g/mol. The fraction of sp³-hybridized carbons (Fsp3) is 0.619. The van der Waals surface area contributed by atoms with E-state index in [0.29, 0.717) is 29.5 Å². The third kappa shape index (κ3) is 2.49. The van der Waals surface area contributed by atoms with Crippen molar-refractivity contribution in [2.45, 2.75) is 53.0 Å². The molecule has 3 saturated carbocycles. The number of carbonyl (C=O) groups is 1. The Morgan fingerprint density at radius 3 is 2.88 bits per heavy atom. The lowest BCUT2D eigenvalue weighted by atomic mass is 9.44. The van der Waals surface area contributed by atoms with Gasteiger partial charge in [0.15, 0.2) is 0 Å². The van der Waals surface area contributed by atoms with Crippen LogP contribution in [0.1, 0.15) is 62.2 Å². The second kappa shape index (κ2) is 5.86. The molecule has 1 N–H and O–H groups in total. The number of nitrogens with one attached hydrogen (secondary N) is 1. The highest BCUT2D eigenvalue weighted by Gasteiger charge is 2.56. The minimum Gasteiger partial charge on any atom is -0.462 e. The summed E-state index contributed by atoms with van der Waals surface area (Å²) < 4.78 is 5.26. The molecular formula is C21H28N2O2. The van der Waals surface area contributed by atoms with E-state index in [1.54, 1.807) is 6.20 Å². The number of fused-ring (bicyclic) bond motifs is 3. The van der Waals surface area contributed by atoms with Gasteiger partial charge in [-0.3, -0.25) is 4.98 Å². The van der Waals surface area contributed by atoms with E-state index in [-0.39, 0.29) is 5.97 Å². The molecular weight excluding hydrogens is 312 g/mol. The number of ether oxygens (including phenoxy) is 1. The highest BCUT2D eigenvalue weighted by Crippen LogP contribution is 2.61. The number of pyridine rings is 1. The topological polar surface area (TPSA) is 51.2 Å². The van der Waals surface area contributed by atoms with Crippen LogP contribution in [0, 0.1) is 23.2 Å². The van der Waals surface area contributed by atoms with Crippen molar-refractivity contribution >= 4 is 17.7 Å². The summed E-state index contributed by atoms with van der Waals surface area (Å²) in [6, 6.07) is 0.408. The lowest BCUT2D eigenvalue weighted by Gasteiger charge is -2.62. The average Bonchev–Trinajstić information content (AvgIpc) is 3.05. The summed E-state index contributed by atoms with van der Waals surface area (Å²) in [5, 5.41) is 3.75. The van der Waals surface area contributed by atoms with Crippen molar-refractivity contribution in [2.24, 2.45) is 23.2 Å². The normalized spacial score (nSPS) is 31.2. The maximum Gasteiger partial charge on any atom is 0.341 e. The second-order valence-electron chi connectivity index (χ2n) is 8.44. The number of hydrogen-bond donors (Lipinski definition) is 1. The van der Waals surface area contributed by atoms with Crippen LogP contribution in [0.25, 0.3) is 6.08 Å². The first kappa shape index (κ1) is 16.6. The molecule has 0 unspecified atom stereocenters. The van der Waals surface area contributed by atoms with Gasteiger partial charge in [-0.2, -0.15) is 0 Å². The predicted molar refractivity (Wildman–Crippen MR) is 99.5 cm³/mol. The van der Waals surface area contributed by atoms with E-state index in [2.05, 4.69) is 43.2 Å². The van der Waals surface area contributed by atoms with Gasteiger partial charge in [-0.1, -0.05) is 32.9 Å². The van der Waals surface area contributed by atoms with Gasteiger partial charge >= 0.3 is 5.97 Å². The third-order valence-corrected chi connectivity index (χ3v) is 6.97. The third-order valence-electron chi connectivity index (χ3n) is 6.97. The molecule has 5 rings (SSSR count). The second-order valence-corrected chi connectivity index (χ2v) is 8.44. The highest BCUT2D eigenvalue weighted by molar-refractivity contribution is 5.98. The summed E-state index contributed by atoms with van der Waals surface area (Å²) in [4.78, 5) is 16.9. The van der Waals surface area contributed by atoms with Gasteiger partial charge in [-0.15, -0.1) is 0 Å². The van der Waals surface area contributed by atoms with Gasteiger partial charge in [0.2, 0.25) is 0 Å². The quantitative estimate of drug-likeness (QED) is 0.830. The Kier molecular flexibility index (Phi) is 3.89. The molecule has 1 aromatic rings. The molecule has 3 fully saturated rings. The molecule has 0 aliphatic heterocycles. The van der Waals surface area contributed by atoms with Crippen molar-refractivity contribution in [3.8, 4) is 0 Å². The number of hydrogen-bond acceptors (Lipinski definition) is 4. The Bertz CT molecular complexity index is 738. The van der Waals surface area contributed by atoms with E-state index in [1.807, 2.05) is 6.92 Å². The molecule has 0 spiro atoms. The fourth-order valence-corrected chi connectivity index (χ4v) is 5.24. The van der Waals surface area contributed by atoms with Crippen molar-refractivity contribution < 1.29 is 9.53 Å². The number of anilines is 1.